The SMILES string of the molecule is CCCCc1ccc(NC(=S)N2CCN(S(=O)(=O)c3ccc(Cl)cc3)CC2)c(C)c1. The summed E-state index contributed by atoms with van der Waals surface area (Å²) in [7, 11) is -3.52. The molecule has 0 aliphatic carbocycles. The monoisotopic (exact) mass is 465 g/mol. The molecule has 1 saturated heterocycles. The number of piperazine rings is 1. The predicted molar refractivity (Wildman–Crippen MR) is 128 cm³/mol. The first kappa shape index (κ1) is 23.0. The van der Waals surface area contributed by atoms with E-state index < -0.39 is 10.0 Å². The van der Waals surface area contributed by atoms with Gasteiger partial charge in [-0.25, -0.2) is 8.42 Å². The molecule has 5 nitrogen and oxygen atoms in total. The highest BCUT2D eigenvalue weighted by Crippen LogP contribution is 2.21. The van der Waals surface area contributed by atoms with E-state index in [1.807, 2.05) is 4.90 Å². The number of thiocarbonyl (C=S) groups is 1. The van der Waals surface area contributed by atoms with Crippen molar-refractivity contribution in [3.8, 4) is 0 Å². The van der Waals surface area contributed by atoms with Crippen LogP contribution in [0.5, 0.6) is 0 Å². The molecule has 0 saturated carbocycles. The summed E-state index contributed by atoms with van der Waals surface area (Å²) in [6, 6.07) is 12.7. The summed E-state index contributed by atoms with van der Waals surface area (Å²) in [5.74, 6) is 0. The van der Waals surface area contributed by atoms with Gasteiger partial charge in [0, 0.05) is 36.9 Å². The van der Waals surface area contributed by atoms with E-state index in [1.54, 1.807) is 24.3 Å². The molecule has 30 heavy (non-hydrogen) atoms. The third kappa shape index (κ3) is 5.52. The molecular formula is C22H28ClN3O2S2. The molecule has 3 rings (SSSR count). The predicted octanol–water partition coefficient (Wildman–Crippen LogP) is 4.69. The van der Waals surface area contributed by atoms with E-state index in [9.17, 15) is 8.42 Å². The molecule has 0 spiro atoms. The van der Waals surface area contributed by atoms with Gasteiger partial charge in [-0.15, -0.1) is 0 Å². The van der Waals surface area contributed by atoms with Crippen molar-refractivity contribution in [2.75, 3.05) is 31.5 Å². The van der Waals surface area contributed by atoms with Gasteiger partial charge >= 0.3 is 0 Å². The number of hydrogen-bond donors (Lipinski definition) is 1. The van der Waals surface area contributed by atoms with Crippen molar-refractivity contribution < 1.29 is 8.42 Å². The zero-order valence-corrected chi connectivity index (χ0v) is 19.8. The Balaban J connectivity index is 1.58. The molecule has 1 aliphatic heterocycles. The maximum Gasteiger partial charge on any atom is 0.243 e. The van der Waals surface area contributed by atoms with Crippen LogP contribution in [0.3, 0.4) is 0 Å². The van der Waals surface area contributed by atoms with E-state index in [0.717, 1.165) is 17.7 Å². The van der Waals surface area contributed by atoms with Crippen molar-refractivity contribution in [1.82, 2.24) is 9.21 Å². The van der Waals surface area contributed by atoms with E-state index in [1.165, 1.54) is 22.7 Å². The van der Waals surface area contributed by atoms with E-state index in [0.29, 0.717) is 36.3 Å². The Morgan fingerprint density at radius 3 is 2.37 bits per heavy atom. The topological polar surface area (TPSA) is 52.6 Å². The zero-order valence-electron chi connectivity index (χ0n) is 17.4. The number of nitrogens with one attached hydrogen (secondary N) is 1. The van der Waals surface area contributed by atoms with Crippen molar-refractivity contribution in [2.45, 2.75) is 38.0 Å². The molecule has 1 N–H and O–H groups in total. The van der Waals surface area contributed by atoms with Crippen LogP contribution in [0.2, 0.25) is 5.02 Å². The number of aryl methyl sites for hydroxylation is 2. The zero-order chi connectivity index (χ0) is 21.7. The highest BCUT2D eigenvalue weighted by Gasteiger charge is 2.29. The normalized spacial score (nSPS) is 15.2. The Labute approximate surface area is 190 Å². The minimum atomic E-state index is -3.52. The third-order valence-corrected chi connectivity index (χ3v) is 7.85. The summed E-state index contributed by atoms with van der Waals surface area (Å²) >= 11 is 11.5. The van der Waals surface area contributed by atoms with Gasteiger partial charge in [0.25, 0.3) is 0 Å². The van der Waals surface area contributed by atoms with Crippen LogP contribution >= 0.6 is 23.8 Å². The van der Waals surface area contributed by atoms with Gasteiger partial charge in [-0.2, -0.15) is 4.31 Å². The molecular weight excluding hydrogens is 438 g/mol. The summed E-state index contributed by atoms with van der Waals surface area (Å²) in [4.78, 5) is 2.29. The van der Waals surface area contributed by atoms with Crippen molar-refractivity contribution in [3.05, 3.63) is 58.6 Å². The first-order chi connectivity index (χ1) is 14.3. The molecule has 1 aliphatic rings. The Morgan fingerprint density at radius 2 is 1.77 bits per heavy atom. The Hall–Kier alpha value is -1.67. The lowest BCUT2D eigenvalue weighted by Crippen LogP contribution is -2.51. The molecule has 0 atom stereocenters. The van der Waals surface area contributed by atoms with E-state index in [2.05, 4.69) is 37.4 Å². The number of unbranched alkanes of at least 4 members (excludes halogenated alkanes) is 1. The van der Waals surface area contributed by atoms with Crippen LogP contribution in [0.1, 0.15) is 30.9 Å². The fraction of sp³-hybridized carbons (Fsp3) is 0.409. The van der Waals surface area contributed by atoms with Gasteiger partial charge in [0.15, 0.2) is 5.11 Å². The van der Waals surface area contributed by atoms with Gasteiger partial charge < -0.3 is 10.2 Å². The maximum absolute atomic E-state index is 12.8. The fourth-order valence-corrected chi connectivity index (χ4v) is 5.32. The lowest BCUT2D eigenvalue weighted by Gasteiger charge is -2.35. The van der Waals surface area contributed by atoms with Gasteiger partial charge in [-0.1, -0.05) is 37.1 Å². The minimum Gasteiger partial charge on any atom is -0.346 e. The number of anilines is 1. The number of benzene rings is 2. The van der Waals surface area contributed by atoms with E-state index in [4.69, 9.17) is 23.8 Å². The second-order valence-corrected chi connectivity index (χ2v) is 10.3. The minimum absolute atomic E-state index is 0.264. The van der Waals surface area contributed by atoms with E-state index >= 15 is 0 Å². The third-order valence-electron chi connectivity index (χ3n) is 5.33. The Bertz CT molecular complexity index is 986. The number of sulfonamides is 1. The molecule has 0 amide bonds. The smallest absolute Gasteiger partial charge is 0.243 e. The Morgan fingerprint density at radius 1 is 1.10 bits per heavy atom. The van der Waals surface area contributed by atoms with Crippen LogP contribution in [0, 0.1) is 6.92 Å². The second kappa shape index (κ2) is 10.1. The summed E-state index contributed by atoms with van der Waals surface area (Å²) in [6.07, 6.45) is 3.46. The quantitative estimate of drug-likeness (QED) is 0.627. The van der Waals surface area contributed by atoms with Gasteiger partial charge in [-0.05, 0) is 73.4 Å². The molecule has 162 valence electrons. The van der Waals surface area contributed by atoms with Crippen molar-refractivity contribution >= 4 is 44.6 Å². The second-order valence-electron chi connectivity index (χ2n) is 7.53. The molecule has 2 aromatic carbocycles. The average Bonchev–Trinajstić information content (AvgIpc) is 2.74. The number of hydrogen-bond acceptors (Lipinski definition) is 3. The number of halogens is 1. The molecule has 0 bridgehead atoms. The van der Waals surface area contributed by atoms with Gasteiger partial charge in [-0.3, -0.25) is 0 Å². The molecule has 0 unspecified atom stereocenters. The highest BCUT2D eigenvalue weighted by atomic mass is 35.5. The summed E-state index contributed by atoms with van der Waals surface area (Å²) in [5, 5.41) is 4.47. The molecule has 0 radical (unpaired) electrons. The largest absolute Gasteiger partial charge is 0.346 e. The van der Waals surface area contributed by atoms with Crippen molar-refractivity contribution in [2.24, 2.45) is 0 Å². The molecule has 1 fully saturated rings. The van der Waals surface area contributed by atoms with Gasteiger partial charge in [0.1, 0.15) is 0 Å². The van der Waals surface area contributed by atoms with Crippen LogP contribution in [0.4, 0.5) is 5.69 Å². The first-order valence-corrected chi connectivity index (χ1v) is 12.4. The highest BCUT2D eigenvalue weighted by molar-refractivity contribution is 7.89. The first-order valence-electron chi connectivity index (χ1n) is 10.2. The van der Waals surface area contributed by atoms with Crippen LogP contribution in [0.15, 0.2) is 47.4 Å². The lowest BCUT2D eigenvalue weighted by molar-refractivity contribution is 0.268. The standard InChI is InChI=1S/C22H28ClN3O2S2/c1-3-4-5-18-6-11-21(17(2)16-18)24-22(29)25-12-14-26(15-13-25)30(27,28)20-9-7-19(23)8-10-20/h6-11,16H,3-5,12-15H2,1-2H3,(H,24,29). The summed E-state index contributed by atoms with van der Waals surface area (Å²) in [5.41, 5.74) is 3.50. The number of nitrogens with zero attached hydrogens (tertiary/aromatic N) is 2. The maximum atomic E-state index is 12.8. The van der Waals surface area contributed by atoms with Crippen molar-refractivity contribution in [1.29, 1.82) is 0 Å². The van der Waals surface area contributed by atoms with Crippen LogP contribution in [-0.2, 0) is 16.4 Å². The molecule has 2 aromatic rings. The fourth-order valence-electron chi connectivity index (χ4n) is 3.48. The van der Waals surface area contributed by atoms with Gasteiger partial charge in [0.2, 0.25) is 10.0 Å². The Kier molecular flexibility index (Phi) is 7.74. The molecule has 0 aromatic heterocycles. The van der Waals surface area contributed by atoms with Crippen LogP contribution in [0.25, 0.3) is 0 Å². The summed E-state index contributed by atoms with van der Waals surface area (Å²) < 4.78 is 27.2. The van der Waals surface area contributed by atoms with E-state index in [-0.39, 0.29) is 4.90 Å². The average molecular weight is 466 g/mol. The molecule has 8 heteroatoms. The van der Waals surface area contributed by atoms with Crippen LogP contribution < -0.4 is 5.32 Å². The van der Waals surface area contributed by atoms with Crippen molar-refractivity contribution in [3.63, 3.8) is 0 Å². The van der Waals surface area contributed by atoms with Crippen LogP contribution in [-0.4, -0.2) is 48.9 Å². The summed E-state index contributed by atoms with van der Waals surface area (Å²) in [6.45, 7) is 6.15. The molecule has 1 heterocycles. The van der Waals surface area contributed by atoms with Gasteiger partial charge in [0.05, 0.1) is 4.90 Å². The number of rotatable bonds is 6. The lowest BCUT2D eigenvalue weighted by atomic mass is 10.0.